The molecule has 3 amide bonds. The summed E-state index contributed by atoms with van der Waals surface area (Å²) in [7, 11) is -8.91. The normalized spacial score (nSPS) is 12.4. The molecule has 0 saturated carbocycles. The second-order valence-corrected chi connectivity index (χ2v) is 18.6. The van der Waals surface area contributed by atoms with E-state index in [-0.39, 0.29) is 54.4 Å². The number of hydrogen-bond donors (Lipinski definition) is 4. The third-order valence-electron chi connectivity index (χ3n) is 10.5. The Hall–Kier alpha value is -6.10. The number of furan rings is 1. The molecule has 4 aromatic carbocycles. The number of unbranched alkanes of at least 4 members (excludes halogenated alkanes) is 2. The van der Waals surface area contributed by atoms with Gasteiger partial charge in [0.2, 0.25) is 12.3 Å². The van der Waals surface area contributed by atoms with Crippen LogP contribution >= 0.6 is 15.4 Å². The molecule has 0 fully saturated rings. The predicted octanol–water partition coefficient (Wildman–Crippen LogP) is 8.36. The highest BCUT2D eigenvalue weighted by atomic mass is 31.2. The van der Waals surface area contributed by atoms with Gasteiger partial charge in [-0.3, -0.25) is 18.9 Å². The smallest absolute Gasteiger partial charge is 0.472 e. The van der Waals surface area contributed by atoms with Gasteiger partial charge in [0.05, 0.1) is 43.8 Å². The van der Waals surface area contributed by atoms with E-state index in [4.69, 9.17) is 37.6 Å². The first-order valence-corrected chi connectivity index (χ1v) is 25.1. The summed E-state index contributed by atoms with van der Waals surface area (Å²) in [6.07, 6.45) is 2.99. The minimum absolute atomic E-state index is 0.00132. The van der Waals surface area contributed by atoms with Gasteiger partial charge in [0.25, 0.3) is 5.91 Å². The minimum Gasteiger partial charge on any atom is -0.494 e. The topological polar surface area (TPSA) is 239 Å². The van der Waals surface area contributed by atoms with Crippen molar-refractivity contribution in [1.82, 2.24) is 15.7 Å². The van der Waals surface area contributed by atoms with E-state index in [0.29, 0.717) is 42.7 Å². The summed E-state index contributed by atoms with van der Waals surface area (Å²) in [5, 5.41) is 6.30. The summed E-state index contributed by atoms with van der Waals surface area (Å²) < 4.78 is 59.5. The fraction of sp³-hybridized carbons (Fsp3) is 0.333. The molecule has 4 N–H and O–H groups in total. The van der Waals surface area contributed by atoms with Gasteiger partial charge in [-0.15, -0.1) is 0 Å². The third-order valence-corrected chi connectivity index (χ3v) is 12.7. The standard InChI is InChI=1S/C48H57N3O15P2/c1-5-8-11-22-40(41(6-2)51(32-52)66-48(55)45-34(4)17-16-23-43(45)61-33-64-68(57,58)59)46(53)49-31-50-47(54)44-25-24-42(65-44)37-26-38(60-7-3)28-39(27-37)67(56,62-29-35-18-12-9-13-19-35)63-30-36-20-14-10-15-21-36/h9-10,12-21,23-28,32,40-41H,5-8,11,22,29-31,33H2,1-4H3,(H,49,53)(H,50,54)(H2,57,58,59). The van der Waals surface area contributed by atoms with Crippen LogP contribution in [-0.2, 0) is 50.3 Å². The lowest BCUT2D eigenvalue weighted by Gasteiger charge is -2.32. The molecule has 1 heterocycles. The van der Waals surface area contributed by atoms with Crippen molar-refractivity contribution >= 4 is 44.9 Å². The van der Waals surface area contributed by atoms with Crippen LogP contribution in [0.3, 0.4) is 0 Å². The first-order valence-electron chi connectivity index (χ1n) is 22.0. The van der Waals surface area contributed by atoms with E-state index in [9.17, 15) is 28.3 Å². The quantitative estimate of drug-likeness (QED) is 0.0121. The number of carbonyl (C=O) groups is 4. The van der Waals surface area contributed by atoms with Crippen molar-refractivity contribution in [2.45, 2.75) is 79.1 Å². The largest absolute Gasteiger partial charge is 0.494 e. The van der Waals surface area contributed by atoms with Gasteiger partial charge in [-0.05, 0) is 79.8 Å². The molecule has 364 valence electrons. The van der Waals surface area contributed by atoms with Gasteiger partial charge in [-0.1, -0.05) is 106 Å². The second-order valence-electron chi connectivity index (χ2n) is 15.3. The molecule has 0 saturated heterocycles. The van der Waals surface area contributed by atoms with E-state index in [2.05, 4.69) is 15.2 Å². The number of nitrogens with one attached hydrogen (secondary N) is 2. The zero-order valence-electron chi connectivity index (χ0n) is 38.2. The Bertz CT molecular complexity index is 2490. The van der Waals surface area contributed by atoms with Crippen LogP contribution in [-0.4, -0.2) is 65.2 Å². The lowest BCUT2D eigenvalue weighted by molar-refractivity contribution is -0.171. The predicted molar refractivity (Wildman–Crippen MR) is 250 cm³/mol. The average Bonchev–Trinajstić information content (AvgIpc) is 3.83. The maximum absolute atomic E-state index is 14.7. The van der Waals surface area contributed by atoms with Crippen LogP contribution < -0.4 is 25.4 Å². The maximum Gasteiger partial charge on any atom is 0.472 e. The number of hydroxylamine groups is 2. The number of hydrogen-bond acceptors (Lipinski definition) is 13. The molecular weight excluding hydrogens is 920 g/mol. The zero-order chi connectivity index (χ0) is 49.1. The Labute approximate surface area is 394 Å². The summed E-state index contributed by atoms with van der Waals surface area (Å²) in [4.78, 5) is 76.9. The zero-order valence-corrected chi connectivity index (χ0v) is 40.0. The molecule has 5 rings (SSSR count). The van der Waals surface area contributed by atoms with Gasteiger partial charge in [0.15, 0.2) is 12.6 Å². The fourth-order valence-electron chi connectivity index (χ4n) is 7.08. The number of rotatable bonds is 28. The van der Waals surface area contributed by atoms with Crippen LogP contribution in [0.4, 0.5) is 0 Å². The number of amides is 3. The summed E-state index contributed by atoms with van der Waals surface area (Å²) in [5.41, 5.74) is 2.22. The molecule has 20 heteroatoms. The Kier molecular flexibility index (Phi) is 20.1. The molecule has 0 aliphatic carbocycles. The Balaban J connectivity index is 1.29. The number of phosphoric ester groups is 1. The summed E-state index contributed by atoms with van der Waals surface area (Å²) in [5.74, 6) is -2.73. The second kappa shape index (κ2) is 25.9. The van der Waals surface area contributed by atoms with Crippen molar-refractivity contribution in [1.29, 1.82) is 0 Å². The van der Waals surface area contributed by atoms with Gasteiger partial charge >= 0.3 is 21.4 Å². The van der Waals surface area contributed by atoms with E-state index >= 15 is 0 Å². The van der Waals surface area contributed by atoms with Gasteiger partial charge < -0.3 is 48.2 Å². The summed E-state index contributed by atoms with van der Waals surface area (Å²) in [6.45, 7) is 6.16. The van der Waals surface area contributed by atoms with Crippen molar-refractivity contribution in [2.24, 2.45) is 5.92 Å². The molecule has 0 bridgehead atoms. The molecule has 18 nitrogen and oxygen atoms in total. The van der Waals surface area contributed by atoms with Gasteiger partial charge in [-0.25, -0.2) is 13.9 Å². The van der Waals surface area contributed by atoms with Crippen molar-refractivity contribution in [3.8, 4) is 22.8 Å². The van der Waals surface area contributed by atoms with Crippen molar-refractivity contribution < 1.29 is 70.4 Å². The molecule has 1 aromatic heterocycles. The maximum atomic E-state index is 14.7. The van der Waals surface area contributed by atoms with Crippen LogP contribution in [0.1, 0.15) is 90.5 Å². The number of carbonyl (C=O) groups excluding carboxylic acids is 4. The summed E-state index contributed by atoms with van der Waals surface area (Å²) in [6, 6.07) is 29.9. The minimum atomic E-state index is -4.88. The van der Waals surface area contributed by atoms with Crippen LogP contribution in [0, 0.1) is 12.8 Å². The SMILES string of the molecule is CCCCCC(C(=O)NCNC(=O)c1ccc(-c2cc(OCC)cc(P(=O)(OCc3ccccc3)OCc3ccccc3)c2)o1)C(CC)N(C=O)OC(=O)c1c(C)cccc1OCOP(=O)(O)O. The third kappa shape index (κ3) is 15.5. The first-order chi connectivity index (χ1) is 32.7. The van der Waals surface area contributed by atoms with Crippen LogP contribution in [0.15, 0.2) is 114 Å². The molecule has 0 radical (unpaired) electrons. The van der Waals surface area contributed by atoms with Gasteiger partial charge in [0.1, 0.15) is 22.8 Å². The Morgan fingerprint density at radius 1 is 0.794 bits per heavy atom. The van der Waals surface area contributed by atoms with Crippen LogP contribution in [0.5, 0.6) is 11.5 Å². The van der Waals surface area contributed by atoms with E-state index in [1.54, 1.807) is 51.1 Å². The van der Waals surface area contributed by atoms with Gasteiger partial charge in [0, 0.05) is 5.56 Å². The summed E-state index contributed by atoms with van der Waals surface area (Å²) >= 11 is 0. The number of aryl methyl sites for hydroxylation is 1. The molecule has 2 unspecified atom stereocenters. The van der Waals surface area contributed by atoms with E-state index < -0.39 is 52.0 Å². The number of ether oxygens (including phenoxy) is 2. The molecule has 2 atom stereocenters. The molecule has 5 aromatic rings. The van der Waals surface area contributed by atoms with Gasteiger partial charge in [-0.2, -0.15) is 5.06 Å². The van der Waals surface area contributed by atoms with E-state index in [0.717, 1.165) is 29.0 Å². The Morgan fingerprint density at radius 3 is 2.07 bits per heavy atom. The number of benzene rings is 4. The van der Waals surface area contributed by atoms with Crippen molar-refractivity contribution in [3.05, 3.63) is 137 Å². The lowest BCUT2D eigenvalue weighted by atomic mass is 9.90. The monoisotopic (exact) mass is 977 g/mol. The van der Waals surface area contributed by atoms with E-state index in [1.165, 1.54) is 18.2 Å². The molecule has 0 spiro atoms. The number of phosphoric acid groups is 1. The first kappa shape index (κ1) is 52.9. The highest BCUT2D eigenvalue weighted by molar-refractivity contribution is 7.62. The lowest BCUT2D eigenvalue weighted by Crippen LogP contribution is -2.49. The molecule has 0 aliphatic rings. The average molecular weight is 978 g/mol. The van der Waals surface area contributed by atoms with E-state index in [1.807, 2.05) is 67.6 Å². The fourth-order valence-corrected chi connectivity index (χ4v) is 8.86. The molecule has 68 heavy (non-hydrogen) atoms. The van der Waals surface area contributed by atoms with Crippen molar-refractivity contribution in [3.63, 3.8) is 0 Å². The van der Waals surface area contributed by atoms with Crippen molar-refractivity contribution in [2.75, 3.05) is 20.1 Å². The molecule has 0 aliphatic heterocycles. The number of nitrogens with zero attached hydrogens (tertiary/aromatic N) is 1. The molecular formula is C48H57N3O15P2. The highest BCUT2D eigenvalue weighted by Crippen LogP contribution is 2.50. The van der Waals surface area contributed by atoms with Crippen LogP contribution in [0.2, 0.25) is 0 Å². The highest BCUT2D eigenvalue weighted by Gasteiger charge is 2.35. The van der Waals surface area contributed by atoms with Crippen LogP contribution in [0.25, 0.3) is 11.3 Å². The Morgan fingerprint density at radius 2 is 1.47 bits per heavy atom.